The zero-order valence-electron chi connectivity index (χ0n) is 13.4. The van der Waals surface area contributed by atoms with Gasteiger partial charge >= 0.3 is 0 Å². The molecular weight excluding hydrogens is 262 g/mol. The van der Waals surface area contributed by atoms with E-state index in [0.717, 1.165) is 23.9 Å². The van der Waals surface area contributed by atoms with Crippen LogP contribution in [0.2, 0.25) is 0 Å². The lowest BCUT2D eigenvalue weighted by molar-refractivity contribution is 0.457. The summed E-state index contributed by atoms with van der Waals surface area (Å²) in [4.78, 5) is 8.98. The summed E-state index contributed by atoms with van der Waals surface area (Å²) in [5.41, 5.74) is 2.46. The van der Waals surface area contributed by atoms with Gasteiger partial charge < -0.3 is 10.1 Å². The molecule has 0 spiro atoms. The third kappa shape index (κ3) is 3.94. The Hall–Kier alpha value is -2.10. The topological polar surface area (TPSA) is 47.0 Å². The number of nitrogens with zero attached hydrogens (tertiary/aromatic N) is 2. The van der Waals surface area contributed by atoms with Gasteiger partial charge in [0.1, 0.15) is 17.4 Å². The molecule has 21 heavy (non-hydrogen) atoms. The molecule has 2 rings (SSSR count). The van der Waals surface area contributed by atoms with Gasteiger partial charge in [-0.25, -0.2) is 4.98 Å². The minimum Gasteiger partial charge on any atom is -0.439 e. The number of hydrogen-bond donors (Lipinski definition) is 1. The molecule has 0 saturated heterocycles. The molecule has 1 aromatic heterocycles. The van der Waals surface area contributed by atoms with E-state index in [-0.39, 0.29) is 5.92 Å². The molecule has 0 bridgehead atoms. The van der Waals surface area contributed by atoms with Gasteiger partial charge in [0.2, 0.25) is 5.88 Å². The van der Waals surface area contributed by atoms with Gasteiger partial charge in [-0.15, -0.1) is 0 Å². The largest absolute Gasteiger partial charge is 0.439 e. The Morgan fingerprint density at radius 2 is 1.86 bits per heavy atom. The van der Waals surface area contributed by atoms with Crippen LogP contribution in [-0.2, 0) is 0 Å². The van der Waals surface area contributed by atoms with Crippen molar-refractivity contribution < 1.29 is 4.74 Å². The highest BCUT2D eigenvalue weighted by atomic mass is 16.5. The van der Waals surface area contributed by atoms with Gasteiger partial charge in [0.25, 0.3) is 0 Å². The van der Waals surface area contributed by atoms with Crippen LogP contribution >= 0.6 is 0 Å². The molecule has 1 heterocycles. The van der Waals surface area contributed by atoms with Gasteiger partial charge in [-0.2, -0.15) is 4.98 Å². The molecule has 0 saturated carbocycles. The summed E-state index contributed by atoms with van der Waals surface area (Å²) in [5, 5.41) is 3.22. The van der Waals surface area contributed by atoms with Gasteiger partial charge in [0.15, 0.2) is 0 Å². The molecule has 0 aliphatic heterocycles. The fourth-order valence-corrected chi connectivity index (χ4v) is 1.92. The smallest absolute Gasteiger partial charge is 0.224 e. The SMILES string of the molecule is CCNc1cc(Oc2ccc(C)c(C)c2)nc(C(C)C)n1. The van der Waals surface area contributed by atoms with Crippen molar-refractivity contribution in [2.75, 3.05) is 11.9 Å². The van der Waals surface area contributed by atoms with Crippen LogP contribution < -0.4 is 10.1 Å². The maximum absolute atomic E-state index is 5.90. The zero-order valence-corrected chi connectivity index (χ0v) is 13.4. The Kier molecular flexibility index (Phi) is 4.78. The van der Waals surface area contributed by atoms with E-state index < -0.39 is 0 Å². The van der Waals surface area contributed by atoms with Crippen LogP contribution in [0.5, 0.6) is 11.6 Å². The summed E-state index contributed by atoms with van der Waals surface area (Å²) in [7, 11) is 0. The van der Waals surface area contributed by atoms with E-state index in [9.17, 15) is 0 Å². The highest BCUT2D eigenvalue weighted by molar-refractivity contribution is 5.41. The van der Waals surface area contributed by atoms with Crippen LogP contribution in [0.4, 0.5) is 5.82 Å². The van der Waals surface area contributed by atoms with Crippen molar-refractivity contribution in [1.82, 2.24) is 9.97 Å². The van der Waals surface area contributed by atoms with E-state index in [0.29, 0.717) is 5.88 Å². The maximum atomic E-state index is 5.90. The molecule has 0 aliphatic carbocycles. The van der Waals surface area contributed by atoms with E-state index in [1.54, 1.807) is 0 Å². The molecule has 4 nitrogen and oxygen atoms in total. The van der Waals surface area contributed by atoms with Crippen molar-refractivity contribution in [3.63, 3.8) is 0 Å². The summed E-state index contributed by atoms with van der Waals surface area (Å²) in [6.45, 7) is 11.2. The monoisotopic (exact) mass is 285 g/mol. The Bertz CT molecular complexity index is 623. The van der Waals surface area contributed by atoms with Crippen LogP contribution in [0.15, 0.2) is 24.3 Å². The summed E-state index contributed by atoms with van der Waals surface area (Å²) in [6.07, 6.45) is 0. The van der Waals surface area contributed by atoms with E-state index in [2.05, 4.69) is 49.0 Å². The van der Waals surface area contributed by atoms with Crippen molar-refractivity contribution in [3.05, 3.63) is 41.2 Å². The number of benzene rings is 1. The fourth-order valence-electron chi connectivity index (χ4n) is 1.92. The highest BCUT2D eigenvalue weighted by Crippen LogP contribution is 2.25. The third-order valence-electron chi connectivity index (χ3n) is 3.30. The van der Waals surface area contributed by atoms with Crippen LogP contribution in [0.1, 0.15) is 43.6 Å². The first-order chi connectivity index (χ1) is 9.99. The number of aryl methyl sites for hydroxylation is 2. The minimum absolute atomic E-state index is 0.255. The lowest BCUT2D eigenvalue weighted by Gasteiger charge is -2.12. The average Bonchev–Trinajstić information content (AvgIpc) is 2.43. The molecule has 0 atom stereocenters. The van der Waals surface area contributed by atoms with Crippen LogP contribution in [0.3, 0.4) is 0 Å². The van der Waals surface area contributed by atoms with Crippen molar-refractivity contribution in [2.45, 2.75) is 40.5 Å². The van der Waals surface area contributed by atoms with Crippen molar-refractivity contribution in [1.29, 1.82) is 0 Å². The maximum Gasteiger partial charge on any atom is 0.224 e. The summed E-state index contributed by atoms with van der Waals surface area (Å²) >= 11 is 0. The van der Waals surface area contributed by atoms with Crippen molar-refractivity contribution >= 4 is 5.82 Å². The lowest BCUT2D eigenvalue weighted by atomic mass is 10.1. The van der Waals surface area contributed by atoms with E-state index >= 15 is 0 Å². The molecule has 0 unspecified atom stereocenters. The molecule has 112 valence electrons. The van der Waals surface area contributed by atoms with Gasteiger partial charge in [0.05, 0.1) is 0 Å². The second kappa shape index (κ2) is 6.57. The molecule has 1 aromatic carbocycles. The Morgan fingerprint density at radius 3 is 2.48 bits per heavy atom. The number of aromatic nitrogens is 2. The van der Waals surface area contributed by atoms with Gasteiger partial charge in [-0.1, -0.05) is 19.9 Å². The molecule has 2 aromatic rings. The predicted octanol–water partition coefficient (Wildman–Crippen LogP) is 4.44. The first-order valence-electron chi connectivity index (χ1n) is 7.37. The fraction of sp³-hybridized carbons (Fsp3) is 0.412. The van der Waals surface area contributed by atoms with E-state index in [1.807, 2.05) is 25.1 Å². The van der Waals surface area contributed by atoms with Crippen LogP contribution in [0, 0.1) is 13.8 Å². The summed E-state index contributed by atoms with van der Waals surface area (Å²) in [6, 6.07) is 7.89. The second-order valence-electron chi connectivity index (χ2n) is 5.48. The molecule has 0 fully saturated rings. The van der Waals surface area contributed by atoms with Crippen LogP contribution in [0.25, 0.3) is 0 Å². The number of anilines is 1. The normalized spacial score (nSPS) is 10.8. The first-order valence-corrected chi connectivity index (χ1v) is 7.37. The molecule has 0 aliphatic rings. The van der Waals surface area contributed by atoms with Gasteiger partial charge in [-0.3, -0.25) is 0 Å². The predicted molar refractivity (Wildman–Crippen MR) is 86.3 cm³/mol. The highest BCUT2D eigenvalue weighted by Gasteiger charge is 2.09. The molecular formula is C17H23N3O. The number of hydrogen-bond acceptors (Lipinski definition) is 4. The number of ether oxygens (including phenoxy) is 1. The number of rotatable bonds is 5. The molecule has 4 heteroatoms. The lowest BCUT2D eigenvalue weighted by Crippen LogP contribution is -2.05. The quantitative estimate of drug-likeness (QED) is 0.882. The van der Waals surface area contributed by atoms with E-state index in [4.69, 9.17) is 4.74 Å². The van der Waals surface area contributed by atoms with Gasteiger partial charge in [-0.05, 0) is 44.0 Å². The minimum atomic E-state index is 0.255. The molecule has 0 amide bonds. The Balaban J connectivity index is 2.31. The van der Waals surface area contributed by atoms with Crippen molar-refractivity contribution in [2.24, 2.45) is 0 Å². The van der Waals surface area contributed by atoms with Crippen LogP contribution in [-0.4, -0.2) is 16.5 Å². The Labute approximate surface area is 126 Å². The molecule has 1 N–H and O–H groups in total. The third-order valence-corrected chi connectivity index (χ3v) is 3.30. The number of nitrogens with one attached hydrogen (secondary N) is 1. The summed E-state index contributed by atoms with van der Waals surface area (Å²) < 4.78 is 5.90. The standard InChI is InChI=1S/C17H23N3O/c1-6-18-15-10-16(20-17(19-15)11(2)3)21-14-8-7-12(4)13(5)9-14/h7-11H,6H2,1-5H3,(H,18,19,20). The van der Waals surface area contributed by atoms with Gasteiger partial charge in [0, 0.05) is 18.5 Å². The average molecular weight is 285 g/mol. The zero-order chi connectivity index (χ0) is 15.4. The van der Waals surface area contributed by atoms with E-state index in [1.165, 1.54) is 11.1 Å². The second-order valence-corrected chi connectivity index (χ2v) is 5.48. The Morgan fingerprint density at radius 1 is 1.10 bits per heavy atom. The summed E-state index contributed by atoms with van der Waals surface area (Å²) in [5.74, 6) is 3.22. The molecule has 0 radical (unpaired) electrons. The van der Waals surface area contributed by atoms with Crippen molar-refractivity contribution in [3.8, 4) is 11.6 Å². The first kappa shape index (κ1) is 15.3.